The van der Waals surface area contributed by atoms with Crippen LogP contribution < -0.4 is 8.79 Å². The molecule has 1 fully saturated rings. The van der Waals surface area contributed by atoms with Gasteiger partial charge in [-0.2, -0.15) is 0 Å². The molecule has 0 bridgehead atoms. The van der Waals surface area contributed by atoms with Crippen LogP contribution in [0.15, 0.2) is 60.7 Å². The van der Waals surface area contributed by atoms with Crippen molar-refractivity contribution in [3.8, 4) is 0 Å². The average molecular weight is 500 g/mol. The first-order valence-electron chi connectivity index (χ1n) is 11.4. The summed E-state index contributed by atoms with van der Waals surface area (Å²) in [7, 11) is 0. The molecule has 1 aliphatic heterocycles. The summed E-state index contributed by atoms with van der Waals surface area (Å²) in [4.78, 5) is 0. The van der Waals surface area contributed by atoms with E-state index >= 15 is 0 Å². The zero-order valence-corrected chi connectivity index (χ0v) is 22.5. The zero-order chi connectivity index (χ0) is 20.1. The van der Waals surface area contributed by atoms with Gasteiger partial charge in [0.1, 0.15) is 0 Å². The van der Waals surface area contributed by atoms with Crippen LogP contribution in [0.5, 0.6) is 0 Å². The summed E-state index contributed by atoms with van der Waals surface area (Å²) in [5.74, 6) is 0. The Bertz CT molecular complexity index is 679. The fourth-order valence-corrected chi connectivity index (χ4v) is 64.8. The fourth-order valence-electron chi connectivity index (χ4n) is 5.80. The van der Waals surface area contributed by atoms with Gasteiger partial charge in [-0.15, -0.1) is 0 Å². The summed E-state index contributed by atoms with van der Waals surface area (Å²) in [6.45, 7) is 9.53. The van der Waals surface area contributed by atoms with E-state index in [4.69, 9.17) is 3.76 Å². The minimum atomic E-state index is -2.96. The van der Waals surface area contributed by atoms with Crippen LogP contribution in [0.25, 0.3) is 0 Å². The summed E-state index contributed by atoms with van der Waals surface area (Å²) in [6, 6.07) is 23.1. The number of hydrogen-bond acceptors (Lipinski definition) is 1. The van der Waals surface area contributed by atoms with Crippen molar-refractivity contribution in [1.82, 2.24) is 0 Å². The van der Waals surface area contributed by atoms with E-state index in [1.54, 1.807) is 8.79 Å². The van der Waals surface area contributed by atoms with Gasteiger partial charge in [0.05, 0.1) is 0 Å². The van der Waals surface area contributed by atoms with E-state index in [9.17, 15) is 0 Å². The first kappa shape index (κ1) is 22.2. The Morgan fingerprint density at radius 2 is 1.21 bits per heavy atom. The van der Waals surface area contributed by atoms with Crippen LogP contribution in [-0.4, -0.2) is 28.5 Å². The van der Waals surface area contributed by atoms with E-state index in [1.165, 1.54) is 35.0 Å². The topological polar surface area (TPSA) is 9.23 Å². The molecular formula is C25H38Ge2O. The molecule has 1 heterocycles. The first-order valence-corrected chi connectivity index (χ1v) is 25.3. The zero-order valence-electron chi connectivity index (χ0n) is 18.3. The number of hydrogen-bond donors (Lipinski definition) is 0. The minimum absolute atomic E-state index is 0.0852. The molecule has 3 rings (SSSR count). The van der Waals surface area contributed by atoms with E-state index in [-0.39, 0.29) is 5.60 Å². The SMILES string of the molecule is CC[CH2][Ge]1([CH2]CC)[CH2]CC(CC)(CC)[O][Ge]1([c]1ccccc1)[c]1ccccc1. The van der Waals surface area contributed by atoms with Crippen LogP contribution in [0.1, 0.15) is 59.8 Å². The third-order valence-corrected chi connectivity index (χ3v) is 57.3. The van der Waals surface area contributed by atoms with Crippen LogP contribution in [-0.2, 0) is 3.76 Å². The van der Waals surface area contributed by atoms with Gasteiger partial charge in [0, 0.05) is 0 Å². The molecule has 0 saturated carbocycles. The second-order valence-electron chi connectivity index (χ2n) is 8.69. The number of benzene rings is 2. The average Bonchev–Trinajstić information content (AvgIpc) is 2.76. The van der Waals surface area contributed by atoms with Gasteiger partial charge in [0.15, 0.2) is 0 Å². The molecule has 0 amide bonds. The van der Waals surface area contributed by atoms with E-state index in [2.05, 4.69) is 88.4 Å². The van der Waals surface area contributed by atoms with Gasteiger partial charge >= 0.3 is 177 Å². The van der Waals surface area contributed by atoms with Crippen LogP contribution in [0.2, 0.25) is 15.8 Å². The number of rotatable bonds is 8. The summed E-state index contributed by atoms with van der Waals surface area (Å²) in [5.41, 5.74) is 0.0852. The second-order valence-corrected chi connectivity index (χ2v) is 42.2. The van der Waals surface area contributed by atoms with Gasteiger partial charge < -0.3 is 0 Å². The summed E-state index contributed by atoms with van der Waals surface area (Å²) in [5, 5.41) is 4.45. The van der Waals surface area contributed by atoms with E-state index in [1.807, 2.05) is 0 Å². The normalized spacial score (nSPS) is 20.0. The van der Waals surface area contributed by atoms with Crippen molar-refractivity contribution < 1.29 is 3.76 Å². The molecule has 152 valence electrons. The molecule has 0 radical (unpaired) electrons. The Morgan fingerprint density at radius 3 is 1.61 bits per heavy atom. The molecule has 0 unspecified atom stereocenters. The molecule has 0 aliphatic carbocycles. The molecule has 0 spiro atoms. The Kier molecular flexibility index (Phi) is 7.55. The molecule has 0 atom stereocenters. The van der Waals surface area contributed by atoms with Crippen LogP contribution in [0.3, 0.4) is 0 Å². The van der Waals surface area contributed by atoms with Gasteiger partial charge in [-0.25, -0.2) is 0 Å². The van der Waals surface area contributed by atoms with Gasteiger partial charge in [-0.05, 0) is 0 Å². The van der Waals surface area contributed by atoms with Crippen LogP contribution in [0, 0.1) is 0 Å². The Hall–Kier alpha value is -0.514. The standard InChI is InChI=1S/C25H38Ge2O/c1-5-20-26(21-6-2)22-19-25(7-3,8-4)28-27(26,23-15-11-9-12-16-23)24-17-13-10-14-18-24/h9-18H,5-8,19-22H2,1-4H3. The van der Waals surface area contributed by atoms with Gasteiger partial charge in [-0.1, -0.05) is 0 Å². The fraction of sp³-hybridized carbons (Fsp3) is 0.520. The van der Waals surface area contributed by atoms with Crippen molar-refractivity contribution in [2.24, 2.45) is 0 Å². The molecule has 0 aromatic heterocycles. The molecule has 1 nitrogen and oxygen atoms in total. The Balaban J connectivity index is 2.33. The first-order chi connectivity index (χ1) is 13.6. The molecule has 28 heavy (non-hydrogen) atoms. The van der Waals surface area contributed by atoms with Crippen molar-refractivity contribution in [3.63, 3.8) is 0 Å². The maximum absolute atomic E-state index is 7.72. The monoisotopic (exact) mass is 502 g/mol. The third kappa shape index (κ3) is 3.79. The van der Waals surface area contributed by atoms with E-state index in [0.29, 0.717) is 0 Å². The quantitative estimate of drug-likeness (QED) is 0.401. The summed E-state index contributed by atoms with van der Waals surface area (Å²) < 4.78 is 10.9. The van der Waals surface area contributed by atoms with Crippen molar-refractivity contribution in [3.05, 3.63) is 60.7 Å². The van der Waals surface area contributed by atoms with Gasteiger partial charge in [0.2, 0.25) is 0 Å². The maximum atomic E-state index is 7.72. The Labute approximate surface area is 176 Å². The van der Waals surface area contributed by atoms with Crippen molar-refractivity contribution in [2.75, 3.05) is 0 Å². The van der Waals surface area contributed by atoms with E-state index < -0.39 is 22.9 Å². The van der Waals surface area contributed by atoms with Gasteiger partial charge in [0.25, 0.3) is 0 Å². The van der Waals surface area contributed by atoms with Crippen molar-refractivity contribution >= 4 is 31.7 Å². The van der Waals surface area contributed by atoms with Crippen molar-refractivity contribution in [2.45, 2.75) is 81.2 Å². The predicted octanol–water partition coefficient (Wildman–Crippen LogP) is 6.07. The molecule has 2 aromatic rings. The molecule has 3 heteroatoms. The summed E-state index contributed by atoms with van der Waals surface area (Å²) >= 11 is -5.24. The van der Waals surface area contributed by atoms with Crippen molar-refractivity contribution in [1.29, 1.82) is 0 Å². The predicted molar refractivity (Wildman–Crippen MR) is 128 cm³/mol. The third-order valence-electron chi connectivity index (χ3n) is 7.28. The summed E-state index contributed by atoms with van der Waals surface area (Å²) in [6.07, 6.45) is 6.23. The molecule has 0 N–H and O–H groups in total. The molecule has 1 saturated heterocycles. The second kappa shape index (κ2) is 9.53. The van der Waals surface area contributed by atoms with Crippen LogP contribution in [0.4, 0.5) is 0 Å². The Morgan fingerprint density at radius 1 is 0.750 bits per heavy atom. The molecule has 1 aliphatic rings. The molecular weight excluding hydrogens is 461 g/mol. The van der Waals surface area contributed by atoms with Crippen LogP contribution >= 0.6 is 0 Å². The van der Waals surface area contributed by atoms with Gasteiger partial charge in [-0.3, -0.25) is 0 Å². The molecule has 2 aromatic carbocycles. The van der Waals surface area contributed by atoms with E-state index in [0.717, 1.165) is 12.8 Å².